The second-order valence-corrected chi connectivity index (χ2v) is 6.12. The molecule has 1 aromatic rings. The van der Waals surface area contributed by atoms with Crippen LogP contribution >= 0.6 is 0 Å². The third-order valence-corrected chi connectivity index (χ3v) is 3.98. The van der Waals surface area contributed by atoms with Gasteiger partial charge in [-0.05, 0) is 26.0 Å². The number of rotatable bonds is 5. The van der Waals surface area contributed by atoms with Gasteiger partial charge in [-0.25, -0.2) is 8.42 Å². The molecule has 1 N–H and O–H groups in total. The summed E-state index contributed by atoms with van der Waals surface area (Å²) in [6.45, 7) is 2.75. The van der Waals surface area contributed by atoms with Gasteiger partial charge in [0.05, 0.1) is 23.0 Å². The molecule has 0 unspecified atom stereocenters. The van der Waals surface area contributed by atoms with Crippen molar-refractivity contribution in [1.82, 2.24) is 4.72 Å². The van der Waals surface area contributed by atoms with Crippen molar-refractivity contribution < 1.29 is 18.1 Å². The second kappa shape index (κ2) is 5.44. The van der Waals surface area contributed by atoms with Crippen molar-refractivity contribution in [2.24, 2.45) is 0 Å². The SMILES string of the molecule is COc1ccc(S(=O)(=O)NC(C)(C)C#N)cc1[N+](=O)[O-]. The molecular weight excluding hydrogens is 286 g/mol. The first kappa shape index (κ1) is 15.9. The number of nitro groups is 1. The summed E-state index contributed by atoms with van der Waals surface area (Å²) in [7, 11) is -2.80. The van der Waals surface area contributed by atoms with Gasteiger partial charge in [0.2, 0.25) is 10.0 Å². The molecule has 0 heterocycles. The summed E-state index contributed by atoms with van der Waals surface area (Å²) in [5.41, 5.74) is -1.79. The van der Waals surface area contributed by atoms with E-state index >= 15 is 0 Å². The molecule has 0 spiro atoms. The number of ether oxygens (including phenoxy) is 1. The number of nitriles is 1. The van der Waals surface area contributed by atoms with E-state index in [0.29, 0.717) is 0 Å². The van der Waals surface area contributed by atoms with Crippen molar-refractivity contribution in [3.8, 4) is 11.8 Å². The zero-order valence-corrected chi connectivity index (χ0v) is 11.9. The third kappa shape index (κ3) is 3.43. The predicted octanol–water partition coefficient (Wildman–Crippen LogP) is 1.18. The van der Waals surface area contributed by atoms with Gasteiger partial charge in [-0.3, -0.25) is 10.1 Å². The minimum atomic E-state index is -4.04. The van der Waals surface area contributed by atoms with Gasteiger partial charge in [-0.1, -0.05) is 0 Å². The van der Waals surface area contributed by atoms with Crippen molar-refractivity contribution in [2.75, 3.05) is 7.11 Å². The summed E-state index contributed by atoms with van der Waals surface area (Å²) in [5.74, 6) is -0.0477. The summed E-state index contributed by atoms with van der Waals surface area (Å²) >= 11 is 0. The van der Waals surface area contributed by atoms with E-state index in [9.17, 15) is 18.5 Å². The number of benzene rings is 1. The Kier molecular flexibility index (Phi) is 4.32. The number of methoxy groups -OCH3 is 1. The minimum absolute atomic E-state index is 0.0477. The summed E-state index contributed by atoms with van der Waals surface area (Å²) in [6.07, 6.45) is 0. The molecule has 0 bridgehead atoms. The molecule has 9 heteroatoms. The Morgan fingerprint density at radius 2 is 2.05 bits per heavy atom. The fourth-order valence-corrected chi connectivity index (χ4v) is 2.75. The first-order valence-electron chi connectivity index (χ1n) is 5.40. The maximum atomic E-state index is 12.1. The van der Waals surface area contributed by atoms with Crippen LogP contribution in [0, 0.1) is 21.4 Å². The molecule has 1 rings (SSSR count). The van der Waals surface area contributed by atoms with Gasteiger partial charge in [-0.15, -0.1) is 0 Å². The van der Waals surface area contributed by atoms with Gasteiger partial charge < -0.3 is 4.74 Å². The average Bonchev–Trinajstić information content (AvgIpc) is 2.36. The molecule has 0 aliphatic rings. The van der Waals surface area contributed by atoms with E-state index in [2.05, 4.69) is 4.72 Å². The second-order valence-electron chi connectivity index (χ2n) is 4.43. The van der Waals surface area contributed by atoms with Crippen LogP contribution in [-0.4, -0.2) is 26.0 Å². The van der Waals surface area contributed by atoms with E-state index in [0.717, 1.165) is 6.07 Å². The van der Waals surface area contributed by atoms with Gasteiger partial charge in [0.25, 0.3) is 0 Å². The van der Waals surface area contributed by atoms with Crippen LogP contribution in [0.2, 0.25) is 0 Å². The first-order valence-corrected chi connectivity index (χ1v) is 6.89. The Labute approximate surface area is 116 Å². The molecule has 0 aliphatic carbocycles. The van der Waals surface area contributed by atoms with Gasteiger partial charge >= 0.3 is 5.69 Å². The van der Waals surface area contributed by atoms with Gasteiger partial charge in [0.15, 0.2) is 5.75 Å². The standard InChI is InChI=1S/C11H13N3O5S/c1-11(2,7-12)13-20(17,18)8-4-5-10(19-3)9(6-8)14(15)16/h4-6,13H,1-3H3. The van der Waals surface area contributed by atoms with E-state index in [1.54, 1.807) is 6.07 Å². The predicted molar refractivity (Wildman–Crippen MR) is 69.7 cm³/mol. The Hall–Kier alpha value is -2.18. The maximum absolute atomic E-state index is 12.1. The molecule has 0 radical (unpaired) electrons. The molecule has 1 aromatic carbocycles. The largest absolute Gasteiger partial charge is 0.490 e. The Bertz CT molecular complexity index is 676. The van der Waals surface area contributed by atoms with Crippen LogP contribution in [0.5, 0.6) is 5.75 Å². The molecule has 0 aromatic heterocycles. The topological polar surface area (TPSA) is 122 Å². The lowest BCUT2D eigenvalue weighted by Crippen LogP contribution is -2.41. The summed E-state index contributed by atoms with van der Waals surface area (Å²) < 4.78 is 31.0. The van der Waals surface area contributed by atoms with E-state index in [1.807, 2.05) is 0 Å². The van der Waals surface area contributed by atoms with E-state index in [4.69, 9.17) is 10.00 Å². The molecule has 0 atom stereocenters. The van der Waals surface area contributed by atoms with Crippen LogP contribution in [-0.2, 0) is 10.0 Å². The highest BCUT2D eigenvalue weighted by Crippen LogP contribution is 2.29. The lowest BCUT2D eigenvalue weighted by molar-refractivity contribution is -0.386. The fraction of sp³-hybridized carbons (Fsp3) is 0.364. The van der Waals surface area contributed by atoms with Gasteiger partial charge in [0, 0.05) is 6.07 Å². The first-order chi connectivity index (χ1) is 9.13. The molecule has 0 aliphatic heterocycles. The molecule has 0 saturated heterocycles. The number of nitro benzene ring substituents is 1. The van der Waals surface area contributed by atoms with Crippen molar-refractivity contribution >= 4 is 15.7 Å². The van der Waals surface area contributed by atoms with Crippen LogP contribution in [0.15, 0.2) is 23.1 Å². The van der Waals surface area contributed by atoms with Crippen molar-refractivity contribution in [2.45, 2.75) is 24.3 Å². The van der Waals surface area contributed by atoms with Crippen molar-refractivity contribution in [3.05, 3.63) is 28.3 Å². The fourth-order valence-electron chi connectivity index (χ4n) is 1.40. The molecule has 8 nitrogen and oxygen atoms in total. The van der Waals surface area contributed by atoms with Crippen LogP contribution < -0.4 is 9.46 Å². The zero-order chi connectivity index (χ0) is 15.6. The maximum Gasteiger partial charge on any atom is 0.312 e. The highest BCUT2D eigenvalue weighted by molar-refractivity contribution is 7.89. The highest BCUT2D eigenvalue weighted by Gasteiger charge is 2.28. The van der Waals surface area contributed by atoms with Gasteiger partial charge in [-0.2, -0.15) is 9.98 Å². The number of hydrogen-bond acceptors (Lipinski definition) is 6. The molecule has 20 heavy (non-hydrogen) atoms. The molecule has 0 saturated carbocycles. The van der Waals surface area contributed by atoms with Crippen molar-refractivity contribution in [3.63, 3.8) is 0 Å². The minimum Gasteiger partial charge on any atom is -0.490 e. The molecule has 108 valence electrons. The van der Waals surface area contributed by atoms with Crippen molar-refractivity contribution in [1.29, 1.82) is 5.26 Å². The Morgan fingerprint density at radius 1 is 1.45 bits per heavy atom. The van der Waals surface area contributed by atoms with Crippen LogP contribution in [0.4, 0.5) is 5.69 Å². The lowest BCUT2D eigenvalue weighted by Gasteiger charge is -2.17. The number of nitrogens with one attached hydrogen (secondary N) is 1. The summed E-state index contributed by atoms with van der Waals surface area (Å²) in [5, 5.41) is 19.7. The van der Waals surface area contributed by atoms with E-state index in [-0.39, 0.29) is 10.6 Å². The monoisotopic (exact) mass is 299 g/mol. The number of nitrogens with zero attached hydrogens (tertiary/aromatic N) is 2. The normalized spacial score (nSPS) is 11.7. The lowest BCUT2D eigenvalue weighted by atomic mass is 10.1. The number of sulfonamides is 1. The van der Waals surface area contributed by atoms with Crippen LogP contribution in [0.1, 0.15) is 13.8 Å². The molecule has 0 fully saturated rings. The summed E-state index contributed by atoms with van der Waals surface area (Å²) in [6, 6.07) is 5.02. The molecular formula is C11H13N3O5S. The zero-order valence-electron chi connectivity index (χ0n) is 11.1. The quantitative estimate of drug-likeness (QED) is 0.643. The number of hydrogen-bond donors (Lipinski definition) is 1. The van der Waals surface area contributed by atoms with Gasteiger partial charge in [0.1, 0.15) is 5.54 Å². The van der Waals surface area contributed by atoms with Crippen LogP contribution in [0.3, 0.4) is 0 Å². The van der Waals surface area contributed by atoms with E-state index in [1.165, 1.54) is 33.1 Å². The highest BCUT2D eigenvalue weighted by atomic mass is 32.2. The summed E-state index contributed by atoms with van der Waals surface area (Å²) in [4.78, 5) is 9.80. The third-order valence-electron chi connectivity index (χ3n) is 2.33. The average molecular weight is 299 g/mol. The Morgan fingerprint density at radius 3 is 2.50 bits per heavy atom. The van der Waals surface area contributed by atoms with Crippen LogP contribution in [0.25, 0.3) is 0 Å². The Balaban J connectivity index is 3.31. The van der Waals surface area contributed by atoms with E-state index < -0.39 is 26.2 Å². The smallest absolute Gasteiger partial charge is 0.312 e. The molecule has 0 amide bonds.